The first-order chi connectivity index (χ1) is 17.1. The van der Waals surface area contributed by atoms with E-state index in [9.17, 15) is 14.0 Å². The van der Waals surface area contributed by atoms with Crippen molar-refractivity contribution in [3.05, 3.63) is 70.8 Å². The monoisotopic (exact) mass is 491 g/mol. The van der Waals surface area contributed by atoms with Crippen LogP contribution in [0.25, 0.3) is 16.9 Å². The highest BCUT2D eigenvalue weighted by molar-refractivity contribution is 7.11. The van der Waals surface area contributed by atoms with Crippen LogP contribution in [0.1, 0.15) is 20.2 Å². The largest absolute Gasteiger partial charge is 0.335 e. The van der Waals surface area contributed by atoms with Gasteiger partial charge in [-0.05, 0) is 24.3 Å². The standard InChI is InChI=1S/C24H22FN7O2S/c25-18-12-27-24(28-13-18)32-5-3-16-11-17(1-2-20(16)32)22(33)31-14-19(15-31)29-6-8-30(9-7-29)23(34)21-26-4-10-35-21/h1-5,10-13,19H,6-9,14-15H2. The van der Waals surface area contributed by atoms with E-state index in [2.05, 4.69) is 19.9 Å². The average molecular weight is 492 g/mol. The van der Waals surface area contributed by atoms with Crippen LogP contribution >= 0.6 is 11.3 Å². The SMILES string of the molecule is O=C(c1ccc2c(ccn2-c2ncc(F)cn2)c1)N1CC(N2CCN(C(=O)c3nccs3)CC2)C1. The maximum atomic E-state index is 13.2. The molecular formula is C24H22FN7O2S. The minimum Gasteiger partial charge on any atom is -0.335 e. The number of carbonyl (C=O) groups excluding carboxylic acids is 2. The van der Waals surface area contributed by atoms with E-state index in [0.29, 0.717) is 48.7 Å². The lowest BCUT2D eigenvalue weighted by atomic mass is 10.0. The number of aromatic nitrogens is 4. The fourth-order valence-corrected chi connectivity index (χ4v) is 5.27. The van der Waals surface area contributed by atoms with Crippen LogP contribution < -0.4 is 0 Å². The topological polar surface area (TPSA) is 87.5 Å². The maximum Gasteiger partial charge on any atom is 0.282 e. The number of piperazine rings is 1. The van der Waals surface area contributed by atoms with Crippen LogP contribution in [0.15, 0.2) is 54.4 Å². The predicted octanol–water partition coefficient (Wildman–Crippen LogP) is 2.30. The molecule has 5 heterocycles. The van der Waals surface area contributed by atoms with Crippen molar-refractivity contribution in [2.75, 3.05) is 39.3 Å². The van der Waals surface area contributed by atoms with E-state index in [1.54, 1.807) is 16.8 Å². The number of likely N-dealkylation sites (tertiary alicyclic amines) is 1. The van der Waals surface area contributed by atoms with Crippen LogP contribution in [-0.2, 0) is 0 Å². The Morgan fingerprint density at radius 2 is 1.71 bits per heavy atom. The van der Waals surface area contributed by atoms with E-state index in [1.807, 2.05) is 39.6 Å². The number of nitrogens with zero attached hydrogens (tertiary/aromatic N) is 7. The van der Waals surface area contributed by atoms with Crippen molar-refractivity contribution in [2.24, 2.45) is 0 Å². The summed E-state index contributed by atoms with van der Waals surface area (Å²) in [6.45, 7) is 4.31. The first-order valence-corrected chi connectivity index (χ1v) is 12.3. The molecule has 0 unspecified atom stereocenters. The van der Waals surface area contributed by atoms with Gasteiger partial charge >= 0.3 is 0 Å². The second-order valence-corrected chi connectivity index (χ2v) is 9.58. The summed E-state index contributed by atoms with van der Waals surface area (Å²) in [5.74, 6) is -0.108. The summed E-state index contributed by atoms with van der Waals surface area (Å²) in [5.41, 5.74) is 1.48. The lowest BCUT2D eigenvalue weighted by molar-refractivity contribution is 0.00854. The average Bonchev–Trinajstić information content (AvgIpc) is 3.54. The van der Waals surface area contributed by atoms with Crippen molar-refractivity contribution in [1.29, 1.82) is 0 Å². The molecule has 2 fully saturated rings. The van der Waals surface area contributed by atoms with Crippen molar-refractivity contribution in [3.8, 4) is 5.95 Å². The zero-order valence-corrected chi connectivity index (χ0v) is 19.6. The number of fused-ring (bicyclic) bond motifs is 1. The number of amides is 2. The summed E-state index contributed by atoms with van der Waals surface area (Å²) >= 11 is 1.37. The smallest absolute Gasteiger partial charge is 0.282 e. The Balaban J connectivity index is 1.06. The third kappa shape index (κ3) is 4.06. The normalized spacial score (nSPS) is 17.1. The highest BCUT2D eigenvalue weighted by Crippen LogP contribution is 2.24. The molecule has 0 atom stereocenters. The molecule has 0 aliphatic carbocycles. The van der Waals surface area contributed by atoms with Gasteiger partial charge in [-0.3, -0.25) is 19.1 Å². The van der Waals surface area contributed by atoms with Crippen molar-refractivity contribution in [3.63, 3.8) is 0 Å². The fraction of sp³-hybridized carbons (Fsp3) is 0.292. The Bertz CT molecular complexity index is 1370. The molecule has 0 N–H and O–H groups in total. The van der Waals surface area contributed by atoms with E-state index >= 15 is 0 Å². The zero-order chi connectivity index (χ0) is 23.9. The summed E-state index contributed by atoms with van der Waals surface area (Å²) in [6, 6.07) is 7.75. The van der Waals surface area contributed by atoms with Gasteiger partial charge in [-0.15, -0.1) is 11.3 Å². The Morgan fingerprint density at radius 1 is 0.943 bits per heavy atom. The molecule has 11 heteroatoms. The zero-order valence-electron chi connectivity index (χ0n) is 18.7. The first kappa shape index (κ1) is 21.8. The van der Waals surface area contributed by atoms with Crippen LogP contribution in [0.3, 0.4) is 0 Å². The van der Waals surface area contributed by atoms with Crippen LogP contribution in [0.5, 0.6) is 0 Å². The van der Waals surface area contributed by atoms with Crippen LogP contribution in [0.2, 0.25) is 0 Å². The second-order valence-electron chi connectivity index (χ2n) is 8.69. The van der Waals surface area contributed by atoms with Crippen molar-refractivity contribution >= 4 is 34.1 Å². The Morgan fingerprint density at radius 3 is 2.43 bits per heavy atom. The van der Waals surface area contributed by atoms with E-state index in [4.69, 9.17) is 0 Å². The highest BCUT2D eigenvalue weighted by atomic mass is 32.1. The van der Waals surface area contributed by atoms with Gasteiger partial charge < -0.3 is 9.80 Å². The quantitative estimate of drug-likeness (QED) is 0.435. The molecule has 2 aliphatic heterocycles. The van der Waals surface area contributed by atoms with E-state index in [0.717, 1.165) is 36.4 Å². The van der Waals surface area contributed by atoms with Gasteiger partial charge in [-0.2, -0.15) is 0 Å². The molecule has 0 radical (unpaired) electrons. The minimum atomic E-state index is -0.489. The molecule has 2 amide bonds. The summed E-state index contributed by atoms with van der Waals surface area (Å²) in [7, 11) is 0. The minimum absolute atomic E-state index is 0.000258. The number of carbonyl (C=O) groups is 2. The molecule has 178 valence electrons. The van der Waals surface area contributed by atoms with Crippen LogP contribution in [0.4, 0.5) is 4.39 Å². The molecule has 0 bridgehead atoms. The summed E-state index contributed by atoms with van der Waals surface area (Å²) in [4.78, 5) is 43.8. The third-order valence-electron chi connectivity index (χ3n) is 6.64. The predicted molar refractivity (Wildman–Crippen MR) is 128 cm³/mol. The molecule has 2 aliphatic rings. The van der Waals surface area contributed by atoms with E-state index < -0.39 is 5.82 Å². The van der Waals surface area contributed by atoms with Crippen molar-refractivity contribution in [1.82, 2.24) is 34.2 Å². The number of benzene rings is 1. The maximum absolute atomic E-state index is 13.2. The summed E-state index contributed by atoms with van der Waals surface area (Å²) in [5, 5.41) is 3.25. The molecule has 0 spiro atoms. The van der Waals surface area contributed by atoms with Gasteiger partial charge in [-0.1, -0.05) is 0 Å². The Kier molecular flexibility index (Phi) is 5.50. The summed E-state index contributed by atoms with van der Waals surface area (Å²) in [6.07, 6.45) is 5.72. The van der Waals surface area contributed by atoms with Crippen molar-refractivity contribution < 1.29 is 14.0 Å². The number of hydrogen-bond donors (Lipinski definition) is 0. The fourth-order valence-electron chi connectivity index (χ4n) is 4.67. The van der Waals surface area contributed by atoms with Gasteiger partial charge in [0.2, 0.25) is 5.95 Å². The van der Waals surface area contributed by atoms with Crippen LogP contribution in [0, 0.1) is 5.82 Å². The van der Waals surface area contributed by atoms with Gasteiger partial charge in [0.1, 0.15) is 0 Å². The van der Waals surface area contributed by atoms with E-state index in [1.165, 1.54) is 11.3 Å². The highest BCUT2D eigenvalue weighted by Gasteiger charge is 2.37. The van der Waals surface area contributed by atoms with Gasteiger partial charge in [-0.25, -0.2) is 19.3 Å². The number of hydrogen-bond acceptors (Lipinski definition) is 7. The Labute approximate surface area is 204 Å². The first-order valence-electron chi connectivity index (χ1n) is 11.4. The summed E-state index contributed by atoms with van der Waals surface area (Å²) < 4.78 is 14.9. The lowest BCUT2D eigenvalue weighted by Crippen LogP contribution is -2.64. The van der Waals surface area contributed by atoms with E-state index in [-0.39, 0.29) is 11.8 Å². The lowest BCUT2D eigenvalue weighted by Gasteiger charge is -2.48. The number of thiazole rings is 1. The van der Waals surface area contributed by atoms with Gasteiger partial charge in [0, 0.05) is 74.0 Å². The molecule has 9 nitrogen and oxygen atoms in total. The molecule has 6 rings (SSSR count). The van der Waals surface area contributed by atoms with Gasteiger partial charge in [0.15, 0.2) is 10.8 Å². The Hall–Kier alpha value is -3.70. The molecular weight excluding hydrogens is 469 g/mol. The van der Waals surface area contributed by atoms with Crippen LogP contribution in [-0.4, -0.2) is 91.3 Å². The van der Waals surface area contributed by atoms with Crippen molar-refractivity contribution in [2.45, 2.75) is 6.04 Å². The molecule has 35 heavy (non-hydrogen) atoms. The number of rotatable bonds is 4. The molecule has 4 aromatic rings. The number of halogens is 1. The molecule has 0 saturated carbocycles. The third-order valence-corrected chi connectivity index (χ3v) is 7.40. The molecule has 2 saturated heterocycles. The molecule has 1 aromatic carbocycles. The van der Waals surface area contributed by atoms with Gasteiger partial charge in [0.05, 0.1) is 17.9 Å². The molecule has 3 aromatic heterocycles. The second kappa shape index (κ2) is 8.82. The van der Waals surface area contributed by atoms with Gasteiger partial charge in [0.25, 0.3) is 11.8 Å².